The van der Waals surface area contributed by atoms with Crippen molar-refractivity contribution in [3.63, 3.8) is 0 Å². The Morgan fingerprint density at radius 3 is 3.14 bits per heavy atom. The van der Waals surface area contributed by atoms with Crippen molar-refractivity contribution in [2.24, 2.45) is 5.16 Å². The van der Waals surface area contributed by atoms with E-state index in [1.807, 2.05) is 13.0 Å². The van der Waals surface area contributed by atoms with Gasteiger partial charge in [0.25, 0.3) is 0 Å². The second-order valence-electron chi connectivity index (χ2n) is 1.37. The molecule has 0 aliphatic carbocycles. The van der Waals surface area contributed by atoms with Crippen LogP contribution in [0.25, 0.3) is 0 Å². The van der Waals surface area contributed by atoms with Crippen molar-refractivity contribution >= 4 is 6.21 Å². The van der Waals surface area contributed by atoms with E-state index in [-0.39, 0.29) is 0 Å². The Kier molecular flexibility index (Phi) is 1.11. The predicted octanol–water partition coefficient (Wildman–Crippen LogP) is 0.949. The fraction of sp³-hybridized carbons (Fsp3) is 0.400. The first-order valence-electron chi connectivity index (χ1n) is 2.24. The molecular weight excluding hydrogens is 90.1 g/mol. The molecule has 7 heavy (non-hydrogen) atoms. The van der Waals surface area contributed by atoms with E-state index >= 15 is 0 Å². The molecule has 1 heterocycles. The number of allylic oxidation sites excluding steroid dienone is 1. The molecule has 0 radical (unpaired) electrons. The monoisotopic (exact) mass is 97.1 g/mol. The fourth-order valence-electron chi connectivity index (χ4n) is 0.412. The summed E-state index contributed by atoms with van der Waals surface area (Å²) in [5.74, 6) is 0. The van der Waals surface area contributed by atoms with Gasteiger partial charge in [0.1, 0.15) is 6.61 Å². The molecule has 38 valence electrons. The van der Waals surface area contributed by atoms with Crippen LogP contribution in [-0.4, -0.2) is 12.8 Å². The maximum Gasteiger partial charge on any atom is 0.143 e. The van der Waals surface area contributed by atoms with Gasteiger partial charge < -0.3 is 4.84 Å². The van der Waals surface area contributed by atoms with Crippen LogP contribution >= 0.6 is 0 Å². The minimum atomic E-state index is 0.649. The van der Waals surface area contributed by atoms with Gasteiger partial charge in [-0.25, -0.2) is 0 Å². The normalized spacial score (nSPS) is 23.3. The van der Waals surface area contributed by atoms with Crippen LogP contribution in [-0.2, 0) is 4.84 Å². The number of rotatable bonds is 0. The molecule has 2 heteroatoms. The lowest BCUT2D eigenvalue weighted by Crippen LogP contribution is -1.81. The molecule has 0 N–H and O–H groups in total. The Morgan fingerprint density at radius 1 is 2.00 bits per heavy atom. The molecule has 0 saturated heterocycles. The topological polar surface area (TPSA) is 21.6 Å². The Balaban J connectivity index is 2.59. The molecule has 0 aromatic carbocycles. The van der Waals surface area contributed by atoms with Gasteiger partial charge in [-0.3, -0.25) is 0 Å². The molecule has 0 bridgehead atoms. The van der Waals surface area contributed by atoms with Crippen LogP contribution in [0.15, 0.2) is 16.8 Å². The molecule has 0 fully saturated rings. The second-order valence-corrected chi connectivity index (χ2v) is 1.37. The second kappa shape index (κ2) is 1.78. The zero-order valence-electron chi connectivity index (χ0n) is 4.22. The quantitative estimate of drug-likeness (QED) is 0.441. The molecule has 0 aromatic rings. The minimum absolute atomic E-state index is 0.649. The van der Waals surface area contributed by atoms with Gasteiger partial charge in [0, 0.05) is 5.57 Å². The fourth-order valence-corrected chi connectivity index (χ4v) is 0.412. The lowest BCUT2D eigenvalue weighted by molar-refractivity contribution is 0.187. The van der Waals surface area contributed by atoms with Crippen molar-refractivity contribution in [3.8, 4) is 0 Å². The van der Waals surface area contributed by atoms with Crippen LogP contribution in [0.3, 0.4) is 0 Å². The lowest BCUT2D eigenvalue weighted by atomic mass is 10.3. The molecule has 0 saturated carbocycles. The van der Waals surface area contributed by atoms with Gasteiger partial charge in [-0.1, -0.05) is 11.2 Å². The first-order valence-corrected chi connectivity index (χ1v) is 2.24. The van der Waals surface area contributed by atoms with Crippen LogP contribution in [0.5, 0.6) is 0 Å². The van der Waals surface area contributed by atoms with Gasteiger partial charge in [0.2, 0.25) is 0 Å². The van der Waals surface area contributed by atoms with E-state index in [2.05, 4.69) is 9.99 Å². The summed E-state index contributed by atoms with van der Waals surface area (Å²) in [6.07, 6.45) is 3.70. The third-order valence-corrected chi connectivity index (χ3v) is 0.895. The zero-order valence-corrected chi connectivity index (χ0v) is 4.22. The van der Waals surface area contributed by atoms with Crippen LogP contribution in [0.4, 0.5) is 0 Å². The summed E-state index contributed by atoms with van der Waals surface area (Å²) >= 11 is 0. The van der Waals surface area contributed by atoms with E-state index in [9.17, 15) is 0 Å². The summed E-state index contributed by atoms with van der Waals surface area (Å²) in [6, 6.07) is 0. The molecule has 1 aliphatic rings. The van der Waals surface area contributed by atoms with Crippen molar-refractivity contribution in [3.05, 3.63) is 11.6 Å². The van der Waals surface area contributed by atoms with Crippen LogP contribution < -0.4 is 0 Å². The van der Waals surface area contributed by atoms with Crippen LogP contribution in [0, 0.1) is 0 Å². The molecule has 0 aromatic heterocycles. The highest BCUT2D eigenvalue weighted by atomic mass is 16.6. The molecule has 1 rings (SSSR count). The van der Waals surface area contributed by atoms with E-state index in [0.717, 1.165) is 5.57 Å². The number of oxime groups is 1. The standard InChI is InChI=1S/C5H7NO/c1-2-5-3-6-7-4-5/h2-3H,4H2,1H3/b5-2-. The molecule has 0 spiro atoms. The maximum absolute atomic E-state index is 4.65. The Hall–Kier alpha value is -0.790. The zero-order chi connectivity index (χ0) is 5.11. The van der Waals surface area contributed by atoms with Crippen molar-refractivity contribution < 1.29 is 4.84 Å². The van der Waals surface area contributed by atoms with Crippen molar-refractivity contribution in [2.45, 2.75) is 6.92 Å². The summed E-state index contributed by atoms with van der Waals surface area (Å²) in [6.45, 7) is 2.62. The summed E-state index contributed by atoms with van der Waals surface area (Å²) in [5.41, 5.74) is 1.15. The largest absolute Gasteiger partial charge is 0.391 e. The van der Waals surface area contributed by atoms with Gasteiger partial charge in [-0.15, -0.1) is 0 Å². The highest BCUT2D eigenvalue weighted by molar-refractivity contribution is 5.79. The average molecular weight is 97.1 g/mol. The average Bonchev–Trinajstić information content (AvgIpc) is 2.14. The minimum Gasteiger partial charge on any atom is -0.391 e. The van der Waals surface area contributed by atoms with Crippen molar-refractivity contribution in [2.75, 3.05) is 6.61 Å². The van der Waals surface area contributed by atoms with E-state index in [1.54, 1.807) is 6.21 Å². The first-order chi connectivity index (χ1) is 3.43. The van der Waals surface area contributed by atoms with Gasteiger partial charge >= 0.3 is 0 Å². The smallest absolute Gasteiger partial charge is 0.143 e. The van der Waals surface area contributed by atoms with Crippen molar-refractivity contribution in [1.29, 1.82) is 0 Å². The van der Waals surface area contributed by atoms with Gasteiger partial charge in [-0.2, -0.15) is 0 Å². The summed E-state index contributed by atoms with van der Waals surface area (Å²) in [7, 11) is 0. The molecule has 0 unspecified atom stereocenters. The molecule has 1 aliphatic heterocycles. The summed E-state index contributed by atoms with van der Waals surface area (Å²) in [4.78, 5) is 4.65. The maximum atomic E-state index is 4.65. The molecule has 0 atom stereocenters. The number of hydrogen-bond donors (Lipinski definition) is 0. The Bertz CT molecular complexity index is 112. The predicted molar refractivity (Wildman–Crippen MR) is 28.2 cm³/mol. The highest BCUT2D eigenvalue weighted by Crippen LogP contribution is 1.98. The van der Waals surface area contributed by atoms with Gasteiger partial charge in [0.15, 0.2) is 0 Å². The summed E-state index contributed by atoms with van der Waals surface area (Å²) in [5, 5.41) is 3.54. The van der Waals surface area contributed by atoms with E-state index in [0.29, 0.717) is 6.61 Å². The molecular formula is C5H7NO. The first kappa shape index (κ1) is 4.37. The summed E-state index contributed by atoms with van der Waals surface area (Å²) < 4.78 is 0. The number of nitrogens with zero attached hydrogens (tertiary/aromatic N) is 1. The molecule has 2 nitrogen and oxygen atoms in total. The lowest BCUT2D eigenvalue weighted by Gasteiger charge is -1.82. The third kappa shape index (κ3) is 0.796. The molecule has 0 amide bonds. The van der Waals surface area contributed by atoms with E-state index in [1.165, 1.54) is 0 Å². The highest BCUT2D eigenvalue weighted by Gasteiger charge is 1.96. The van der Waals surface area contributed by atoms with Gasteiger partial charge in [0.05, 0.1) is 6.21 Å². The SMILES string of the molecule is C/C=C1/C=NOC1. The van der Waals surface area contributed by atoms with Crippen LogP contribution in [0.2, 0.25) is 0 Å². The van der Waals surface area contributed by atoms with E-state index in [4.69, 9.17) is 0 Å². The Labute approximate surface area is 42.5 Å². The number of hydrogen-bond acceptors (Lipinski definition) is 2. The Morgan fingerprint density at radius 2 is 2.86 bits per heavy atom. The van der Waals surface area contributed by atoms with Gasteiger partial charge in [-0.05, 0) is 6.92 Å². The van der Waals surface area contributed by atoms with E-state index < -0.39 is 0 Å². The third-order valence-electron chi connectivity index (χ3n) is 0.895. The van der Waals surface area contributed by atoms with Crippen molar-refractivity contribution in [1.82, 2.24) is 0 Å². The van der Waals surface area contributed by atoms with Crippen LogP contribution in [0.1, 0.15) is 6.92 Å².